The van der Waals surface area contributed by atoms with E-state index in [9.17, 15) is 4.79 Å². The highest BCUT2D eigenvalue weighted by Crippen LogP contribution is 2.46. The molecule has 1 amide bonds. The van der Waals surface area contributed by atoms with Crippen LogP contribution < -0.4 is 20.1 Å². The molecule has 2 unspecified atom stereocenters. The van der Waals surface area contributed by atoms with Gasteiger partial charge in [-0.1, -0.05) is 29.3 Å². The minimum Gasteiger partial charge on any atom is -0.495 e. The van der Waals surface area contributed by atoms with E-state index >= 15 is 0 Å². The molecule has 1 aliphatic carbocycles. The molecule has 2 atom stereocenters. The second kappa shape index (κ2) is 9.11. The lowest BCUT2D eigenvalue weighted by atomic mass is 9.86. The molecule has 1 heterocycles. The van der Waals surface area contributed by atoms with E-state index in [2.05, 4.69) is 26.5 Å². The van der Waals surface area contributed by atoms with Crippen LogP contribution in [-0.4, -0.2) is 42.2 Å². The van der Waals surface area contributed by atoms with E-state index in [1.165, 1.54) is 14.2 Å². The summed E-state index contributed by atoms with van der Waals surface area (Å²) in [5, 5.41) is 7.65. The van der Waals surface area contributed by atoms with E-state index in [1.54, 1.807) is 12.3 Å². The second-order valence-electron chi connectivity index (χ2n) is 7.30. The minimum atomic E-state index is -0.417. The van der Waals surface area contributed by atoms with Crippen molar-refractivity contribution in [2.45, 2.75) is 24.9 Å². The molecule has 7 nitrogen and oxygen atoms in total. The van der Waals surface area contributed by atoms with Crippen LogP contribution in [-0.2, 0) is 4.79 Å². The summed E-state index contributed by atoms with van der Waals surface area (Å²) < 4.78 is 10.7. The number of carbonyl (C=O) groups is 1. The summed E-state index contributed by atoms with van der Waals surface area (Å²) in [5.41, 5.74) is 2.14. The maximum atomic E-state index is 11.4. The largest absolute Gasteiger partial charge is 0.495 e. The van der Waals surface area contributed by atoms with Gasteiger partial charge < -0.3 is 20.1 Å². The van der Waals surface area contributed by atoms with E-state index in [0.29, 0.717) is 33.1 Å². The Morgan fingerprint density at radius 2 is 1.81 bits per heavy atom. The fourth-order valence-corrected chi connectivity index (χ4v) is 4.34. The summed E-state index contributed by atoms with van der Waals surface area (Å²) in [5.74, 6) is 3.06. The van der Waals surface area contributed by atoms with E-state index in [0.717, 1.165) is 29.3 Å². The number of benzene rings is 2. The molecule has 3 aromatic rings. The van der Waals surface area contributed by atoms with Gasteiger partial charge in [0.05, 0.1) is 35.8 Å². The maximum Gasteiger partial charge on any atom is 0.295 e. The number of halogens is 2. The first-order valence-corrected chi connectivity index (χ1v) is 10.6. The highest BCUT2D eigenvalue weighted by Gasteiger charge is 2.32. The molecule has 9 heteroatoms. The number of nitrogens with zero attached hydrogens (tertiary/aromatic N) is 2. The van der Waals surface area contributed by atoms with Crippen molar-refractivity contribution in [1.82, 2.24) is 15.3 Å². The van der Waals surface area contributed by atoms with Crippen molar-refractivity contribution in [3.05, 3.63) is 40.5 Å². The fraction of sp³-hybridized carbons (Fsp3) is 0.261. The first-order valence-electron chi connectivity index (χ1n) is 9.86. The molecule has 0 saturated heterocycles. The second-order valence-corrected chi connectivity index (χ2v) is 8.06. The Morgan fingerprint density at radius 1 is 1.12 bits per heavy atom. The number of nitrogens with one attached hydrogen (secondary N) is 2. The molecule has 1 aromatic heterocycles. The van der Waals surface area contributed by atoms with Gasteiger partial charge in [0.15, 0.2) is 0 Å². The SMILES string of the molecule is C#CC(=O)NC1CCC1Nc1ncc2cc(-c3c(Cl)c(OC)cc(OC)c3Cl)ccc2n1. The standard InChI is InChI=1S/C23H20Cl2N4O3/c1-4-19(30)27-15-7-8-16(15)29-23-26-11-13-9-12(5-6-14(13)28-23)20-21(24)17(31-2)10-18(32-3)22(20)25/h1,5-6,9-11,15-16H,7-8H2,2-3H3,(H,27,30)(H,26,28,29). The van der Waals surface area contributed by atoms with Gasteiger partial charge in [0.2, 0.25) is 5.95 Å². The zero-order chi connectivity index (χ0) is 22.8. The van der Waals surface area contributed by atoms with E-state index in [1.807, 2.05) is 18.2 Å². The lowest BCUT2D eigenvalue weighted by Gasteiger charge is -2.37. The molecule has 164 valence electrons. The number of amides is 1. The molecule has 2 N–H and O–H groups in total. The van der Waals surface area contributed by atoms with Crippen molar-refractivity contribution < 1.29 is 14.3 Å². The van der Waals surface area contributed by atoms with Gasteiger partial charge in [0.25, 0.3) is 5.91 Å². The van der Waals surface area contributed by atoms with Gasteiger partial charge >= 0.3 is 0 Å². The third kappa shape index (κ3) is 4.12. The Balaban J connectivity index is 1.62. The first-order chi connectivity index (χ1) is 15.4. The van der Waals surface area contributed by atoms with Crippen molar-refractivity contribution in [3.8, 4) is 35.0 Å². The Morgan fingerprint density at radius 3 is 2.41 bits per heavy atom. The Kier molecular flexibility index (Phi) is 6.26. The zero-order valence-electron chi connectivity index (χ0n) is 17.4. The quantitative estimate of drug-likeness (QED) is 0.522. The molecule has 4 rings (SSSR count). The number of aromatic nitrogens is 2. The van der Waals surface area contributed by atoms with E-state index in [-0.39, 0.29) is 12.1 Å². The number of ether oxygens (including phenoxy) is 2. The van der Waals surface area contributed by atoms with E-state index in [4.69, 9.17) is 39.1 Å². The molecule has 0 radical (unpaired) electrons. The first kappa shape index (κ1) is 22.0. The zero-order valence-corrected chi connectivity index (χ0v) is 18.9. The summed E-state index contributed by atoms with van der Waals surface area (Å²) in [6, 6.07) is 7.30. The number of methoxy groups -OCH3 is 2. The number of rotatable bonds is 6. The number of hydrogen-bond donors (Lipinski definition) is 2. The van der Waals surface area contributed by atoms with Crippen LogP contribution in [0.3, 0.4) is 0 Å². The van der Waals surface area contributed by atoms with Crippen molar-refractivity contribution in [2.75, 3.05) is 19.5 Å². The Labute approximate surface area is 195 Å². The van der Waals surface area contributed by atoms with Crippen LogP contribution in [0, 0.1) is 12.3 Å². The summed E-state index contributed by atoms with van der Waals surface area (Å²) in [4.78, 5) is 20.4. The van der Waals surface area contributed by atoms with Gasteiger partial charge in [-0.3, -0.25) is 4.79 Å². The van der Waals surface area contributed by atoms with Crippen molar-refractivity contribution in [3.63, 3.8) is 0 Å². The van der Waals surface area contributed by atoms with Crippen LogP contribution in [0.15, 0.2) is 30.5 Å². The molecule has 1 saturated carbocycles. The number of terminal acetylenes is 1. The minimum absolute atomic E-state index is 0.0332. The molecule has 32 heavy (non-hydrogen) atoms. The van der Waals surface area contributed by atoms with Gasteiger partial charge in [-0.15, -0.1) is 6.42 Å². The topological polar surface area (TPSA) is 85.4 Å². The predicted molar refractivity (Wildman–Crippen MR) is 126 cm³/mol. The fourth-order valence-electron chi connectivity index (χ4n) is 3.62. The molecule has 0 bridgehead atoms. The van der Waals surface area contributed by atoms with Crippen LogP contribution in [0.4, 0.5) is 5.95 Å². The lowest BCUT2D eigenvalue weighted by molar-refractivity contribution is -0.116. The third-order valence-electron chi connectivity index (χ3n) is 5.48. The summed E-state index contributed by atoms with van der Waals surface area (Å²) in [6.07, 6.45) is 8.60. The summed E-state index contributed by atoms with van der Waals surface area (Å²) in [6.45, 7) is 0. The van der Waals surface area contributed by atoms with E-state index < -0.39 is 5.91 Å². The molecular formula is C23H20Cl2N4O3. The highest BCUT2D eigenvalue weighted by molar-refractivity contribution is 6.41. The van der Waals surface area contributed by atoms with Gasteiger partial charge in [0, 0.05) is 29.3 Å². The number of hydrogen-bond acceptors (Lipinski definition) is 6. The Bertz CT molecular complexity index is 1210. The monoisotopic (exact) mass is 470 g/mol. The van der Waals surface area contributed by atoms with Crippen molar-refractivity contribution >= 4 is 46.0 Å². The smallest absolute Gasteiger partial charge is 0.295 e. The van der Waals surface area contributed by atoms with Crippen LogP contribution in [0.5, 0.6) is 11.5 Å². The molecule has 2 aromatic carbocycles. The third-order valence-corrected chi connectivity index (χ3v) is 6.23. The molecule has 0 spiro atoms. The molecule has 1 fully saturated rings. The number of fused-ring (bicyclic) bond motifs is 1. The summed E-state index contributed by atoms with van der Waals surface area (Å²) in [7, 11) is 3.07. The maximum absolute atomic E-state index is 11.4. The average Bonchev–Trinajstić information content (AvgIpc) is 2.80. The van der Waals surface area contributed by atoms with Crippen LogP contribution in [0.1, 0.15) is 12.8 Å². The average molecular weight is 471 g/mol. The normalized spacial score (nSPS) is 17.2. The summed E-state index contributed by atoms with van der Waals surface area (Å²) >= 11 is 13.1. The van der Waals surface area contributed by atoms with Gasteiger partial charge in [0.1, 0.15) is 11.5 Å². The van der Waals surface area contributed by atoms with Crippen LogP contribution >= 0.6 is 23.2 Å². The Hall–Kier alpha value is -3.21. The highest BCUT2D eigenvalue weighted by atomic mass is 35.5. The molecule has 0 aliphatic heterocycles. The number of carbonyl (C=O) groups excluding carboxylic acids is 1. The predicted octanol–water partition coefficient (Wildman–Crippen LogP) is 4.31. The van der Waals surface area contributed by atoms with Crippen molar-refractivity contribution in [2.24, 2.45) is 0 Å². The molecule has 1 aliphatic rings. The van der Waals surface area contributed by atoms with Crippen molar-refractivity contribution in [1.29, 1.82) is 0 Å². The van der Waals surface area contributed by atoms with Crippen LogP contribution in [0.25, 0.3) is 22.0 Å². The van der Waals surface area contributed by atoms with Gasteiger partial charge in [-0.25, -0.2) is 9.97 Å². The lowest BCUT2D eigenvalue weighted by Crippen LogP contribution is -2.53. The van der Waals surface area contributed by atoms with Gasteiger partial charge in [-0.2, -0.15) is 0 Å². The number of anilines is 1. The van der Waals surface area contributed by atoms with Crippen LogP contribution in [0.2, 0.25) is 10.0 Å². The van der Waals surface area contributed by atoms with Gasteiger partial charge in [-0.05, 0) is 36.5 Å². The molecular weight excluding hydrogens is 451 g/mol.